The minimum Gasteiger partial charge on any atom is -0.469 e. The molecular formula is C34H44N4O10S2. The number of fused-ring (bicyclic) bond motifs is 4. The highest BCUT2D eigenvalue weighted by Crippen LogP contribution is 2.40. The van der Waals surface area contributed by atoms with Crippen LogP contribution in [0.15, 0.2) is 17.1 Å². The summed E-state index contributed by atoms with van der Waals surface area (Å²) in [6.07, 6.45) is 14.0. The van der Waals surface area contributed by atoms with Gasteiger partial charge in [0.2, 0.25) is 26.1 Å². The molecule has 6 rings (SSSR count). The fraction of sp³-hybridized carbons (Fsp3) is 0.529. The molecule has 2 aromatic rings. The molecule has 4 aliphatic rings. The molecule has 0 aliphatic heterocycles. The zero-order chi connectivity index (χ0) is 36.5. The fourth-order valence-electron chi connectivity index (χ4n) is 6.91. The van der Waals surface area contributed by atoms with Gasteiger partial charge >= 0.3 is 18.0 Å². The first-order valence-corrected chi connectivity index (χ1v) is 20.0. The average Bonchev–Trinajstić information content (AvgIpc) is 3.89. The third-order valence-electron chi connectivity index (χ3n) is 9.18. The van der Waals surface area contributed by atoms with Gasteiger partial charge in [0.15, 0.2) is 0 Å². The molecule has 0 unspecified atom stereocenters. The normalized spacial score (nSPS) is 15.0. The smallest absolute Gasteiger partial charge is 0.332 e. The summed E-state index contributed by atoms with van der Waals surface area (Å²) < 4.78 is 54.9. The molecule has 0 saturated heterocycles. The molecule has 16 heteroatoms. The number of nitrogens with one attached hydrogen (secondary N) is 2. The Kier molecular flexibility index (Phi) is 13.3. The molecule has 2 amide bonds. The Morgan fingerprint density at radius 2 is 1.14 bits per heavy atom. The van der Waals surface area contributed by atoms with Crippen molar-refractivity contribution in [1.82, 2.24) is 4.72 Å². The third kappa shape index (κ3) is 10.5. The van der Waals surface area contributed by atoms with Crippen molar-refractivity contribution in [2.24, 2.45) is 10.1 Å². The summed E-state index contributed by atoms with van der Waals surface area (Å²) in [6, 6.07) is 3.80. The molecule has 0 radical (unpaired) electrons. The summed E-state index contributed by atoms with van der Waals surface area (Å²) in [5, 5.41) is 7.36. The van der Waals surface area contributed by atoms with Crippen LogP contribution >= 0.6 is 0 Å². The predicted octanol–water partition coefficient (Wildman–Crippen LogP) is 3.15. The molecule has 272 valence electrons. The number of amides is 2. The van der Waals surface area contributed by atoms with E-state index in [0.29, 0.717) is 0 Å². The van der Waals surface area contributed by atoms with Crippen LogP contribution in [-0.4, -0.2) is 66.6 Å². The number of methoxy groups -OCH3 is 2. The quantitative estimate of drug-likeness (QED) is 0.194. The van der Waals surface area contributed by atoms with Crippen molar-refractivity contribution in [3.63, 3.8) is 0 Å². The number of aliphatic imine (C=N–C) groups is 1. The van der Waals surface area contributed by atoms with Crippen LogP contribution in [0, 0.1) is 0 Å². The summed E-state index contributed by atoms with van der Waals surface area (Å²) in [5.41, 5.74) is 12.0. The number of anilines is 1. The number of esters is 2. The van der Waals surface area contributed by atoms with Crippen LogP contribution in [0.25, 0.3) is 0 Å². The Balaban J connectivity index is 0.000000190. The van der Waals surface area contributed by atoms with Crippen LogP contribution in [0.2, 0.25) is 0 Å². The van der Waals surface area contributed by atoms with E-state index >= 15 is 0 Å². The van der Waals surface area contributed by atoms with Gasteiger partial charge in [0, 0.05) is 5.69 Å². The van der Waals surface area contributed by atoms with E-state index in [1.54, 1.807) is 6.08 Å². The highest BCUT2D eigenvalue weighted by atomic mass is 32.2. The van der Waals surface area contributed by atoms with E-state index in [4.69, 9.17) is 0 Å². The standard InChI is InChI=1S/C17H22N2O5S.C13H13NO.C4H9NO4S/c1-24-15(20)8-9-25(22,23)19-17(21)18-16-13-6-2-4-11(13)10-12-5-3-7-14(12)16;15-8-14-13-11-5-1-3-9(11)7-10-4-2-6-12(10)13;1-9-4(6)2-3-10(5,7)8/h10H,2-9H2,1H3,(H2,18,19,21);7H,1-6H2;2-3H2,1H3,(H2,5,7,8). The summed E-state index contributed by atoms with van der Waals surface area (Å²) in [6.45, 7) is 0. The maximum atomic E-state index is 12.2. The second-order valence-electron chi connectivity index (χ2n) is 12.5. The van der Waals surface area contributed by atoms with Gasteiger partial charge in [-0.25, -0.2) is 36.3 Å². The first-order valence-electron chi connectivity index (χ1n) is 16.6. The van der Waals surface area contributed by atoms with Gasteiger partial charge in [0.25, 0.3) is 0 Å². The molecule has 14 nitrogen and oxygen atoms in total. The van der Waals surface area contributed by atoms with Crippen molar-refractivity contribution in [1.29, 1.82) is 0 Å². The van der Waals surface area contributed by atoms with Crippen molar-refractivity contribution in [3.05, 3.63) is 56.6 Å². The number of primary sulfonamides is 1. The van der Waals surface area contributed by atoms with Crippen molar-refractivity contribution in [2.45, 2.75) is 89.9 Å². The maximum Gasteiger partial charge on any atom is 0.332 e. The monoisotopic (exact) mass is 732 g/mol. The van der Waals surface area contributed by atoms with Crippen molar-refractivity contribution in [3.8, 4) is 0 Å². The molecule has 0 aromatic heterocycles. The van der Waals surface area contributed by atoms with Gasteiger partial charge in [0.1, 0.15) is 0 Å². The van der Waals surface area contributed by atoms with E-state index in [2.05, 4.69) is 37.1 Å². The molecular weight excluding hydrogens is 689 g/mol. The second kappa shape index (κ2) is 17.2. The molecule has 0 heterocycles. The molecule has 0 spiro atoms. The number of aryl methyl sites for hydroxylation is 4. The van der Waals surface area contributed by atoms with Crippen LogP contribution in [0.3, 0.4) is 0 Å². The molecule has 0 atom stereocenters. The summed E-state index contributed by atoms with van der Waals surface area (Å²) in [7, 11) is -5.06. The van der Waals surface area contributed by atoms with Crippen LogP contribution in [0.5, 0.6) is 0 Å². The van der Waals surface area contributed by atoms with E-state index in [9.17, 15) is 36.0 Å². The summed E-state index contributed by atoms with van der Waals surface area (Å²) >= 11 is 0. The number of hydrogen-bond acceptors (Lipinski definition) is 11. The lowest BCUT2D eigenvalue weighted by Crippen LogP contribution is -2.37. The lowest BCUT2D eigenvalue weighted by Gasteiger charge is -2.16. The highest BCUT2D eigenvalue weighted by Gasteiger charge is 2.27. The van der Waals surface area contributed by atoms with Crippen LogP contribution in [0.1, 0.15) is 83.0 Å². The van der Waals surface area contributed by atoms with Gasteiger partial charge in [-0.3, -0.25) is 9.59 Å². The molecule has 0 saturated carbocycles. The van der Waals surface area contributed by atoms with Crippen LogP contribution in [-0.2, 0) is 95.3 Å². The van der Waals surface area contributed by atoms with Crippen molar-refractivity contribution >= 4 is 55.5 Å². The summed E-state index contributed by atoms with van der Waals surface area (Å²) in [4.78, 5) is 48.0. The number of sulfonamides is 2. The Morgan fingerprint density at radius 1 is 0.720 bits per heavy atom. The number of carbonyl (C=O) groups excluding carboxylic acids is 4. The van der Waals surface area contributed by atoms with Gasteiger partial charge in [-0.2, -0.15) is 4.99 Å². The minimum atomic E-state index is -3.90. The van der Waals surface area contributed by atoms with E-state index in [1.807, 2.05) is 4.72 Å². The van der Waals surface area contributed by atoms with E-state index in [0.717, 1.165) is 86.7 Å². The SMILES string of the molecule is COC(=O)CCS(=O)(=O)NC(=O)Nc1c2c(cc3c1CCC3)CCC2.COC(=O)CCS(N)(=O)=O.O=C=Nc1c2c(cc3c1CCC3)CCC2. The molecule has 50 heavy (non-hydrogen) atoms. The number of urea groups is 1. The maximum absolute atomic E-state index is 12.2. The summed E-state index contributed by atoms with van der Waals surface area (Å²) in [5.74, 6) is -2.06. The molecule has 0 bridgehead atoms. The van der Waals surface area contributed by atoms with Gasteiger partial charge in [-0.05, 0) is 122 Å². The zero-order valence-electron chi connectivity index (χ0n) is 28.4. The Labute approximate surface area is 292 Å². The van der Waals surface area contributed by atoms with Gasteiger partial charge in [0.05, 0.1) is 44.3 Å². The largest absolute Gasteiger partial charge is 0.469 e. The minimum absolute atomic E-state index is 0.185. The van der Waals surface area contributed by atoms with E-state index in [1.165, 1.54) is 60.4 Å². The molecule has 2 aromatic carbocycles. The average molecular weight is 733 g/mol. The highest BCUT2D eigenvalue weighted by molar-refractivity contribution is 7.90. The zero-order valence-corrected chi connectivity index (χ0v) is 30.0. The lowest BCUT2D eigenvalue weighted by molar-refractivity contribution is -0.141. The number of ether oxygens (including phenoxy) is 2. The number of isocyanates is 1. The predicted molar refractivity (Wildman–Crippen MR) is 186 cm³/mol. The van der Waals surface area contributed by atoms with Gasteiger partial charge < -0.3 is 14.8 Å². The Morgan fingerprint density at radius 3 is 1.56 bits per heavy atom. The Bertz CT molecular complexity index is 1840. The topological polar surface area (TPSA) is 217 Å². The Hall–Kier alpha value is -4.11. The number of hydrogen-bond donors (Lipinski definition) is 3. The number of benzene rings is 2. The first-order chi connectivity index (χ1) is 23.7. The number of rotatable bonds is 9. The van der Waals surface area contributed by atoms with E-state index < -0.39 is 43.8 Å². The van der Waals surface area contributed by atoms with Crippen molar-refractivity contribution < 1.29 is 45.5 Å². The molecule has 4 N–H and O–H groups in total. The van der Waals surface area contributed by atoms with Gasteiger partial charge in [-0.15, -0.1) is 0 Å². The van der Waals surface area contributed by atoms with Crippen LogP contribution < -0.4 is 15.2 Å². The van der Waals surface area contributed by atoms with E-state index in [-0.39, 0.29) is 18.6 Å². The van der Waals surface area contributed by atoms with Crippen molar-refractivity contribution in [2.75, 3.05) is 31.0 Å². The van der Waals surface area contributed by atoms with Crippen LogP contribution in [0.4, 0.5) is 16.2 Å². The number of nitrogens with two attached hydrogens (primary N) is 1. The lowest BCUT2D eigenvalue weighted by atomic mass is 9.99. The third-order valence-corrected chi connectivity index (χ3v) is 11.2. The second-order valence-corrected chi connectivity index (χ2v) is 16.1. The molecule has 4 aliphatic carbocycles. The van der Waals surface area contributed by atoms with Gasteiger partial charge in [-0.1, -0.05) is 12.1 Å². The fourth-order valence-corrected chi connectivity index (χ4v) is 8.23. The first kappa shape index (κ1) is 38.7. The molecule has 0 fully saturated rings. The number of carbonyl (C=O) groups is 3. The number of nitrogens with zero attached hydrogens (tertiary/aromatic N) is 1.